The van der Waals surface area contributed by atoms with Gasteiger partial charge in [0.15, 0.2) is 0 Å². The van der Waals surface area contributed by atoms with E-state index < -0.39 is 6.04 Å². The van der Waals surface area contributed by atoms with Gasteiger partial charge in [0, 0.05) is 19.5 Å². The Morgan fingerprint density at radius 2 is 1.69 bits per heavy atom. The van der Waals surface area contributed by atoms with Gasteiger partial charge in [0.2, 0.25) is 11.8 Å². The minimum atomic E-state index is -0.729. The first-order chi connectivity index (χ1) is 14.1. The first-order valence-corrected chi connectivity index (χ1v) is 10.0. The van der Waals surface area contributed by atoms with Gasteiger partial charge in [-0.1, -0.05) is 49.4 Å². The zero-order valence-electron chi connectivity index (χ0n) is 16.6. The number of hydrogen-bond acceptors (Lipinski definition) is 3. The standard InChI is InChI=1S/C23H27FN2O3/c1-2-17(18-8-10-20(24)11-9-18)16-21(27)25-22(19-6-4-3-5-7-19)23(28)26-12-14-29-15-13-26/h3-11,17,22H,2,12-16H2,1H3,(H,25,27)/t17?,22-/m0/s1. The van der Waals surface area contributed by atoms with Crippen LogP contribution in [-0.4, -0.2) is 43.0 Å². The summed E-state index contributed by atoms with van der Waals surface area (Å²) in [7, 11) is 0. The van der Waals surface area contributed by atoms with Crippen molar-refractivity contribution in [2.75, 3.05) is 26.3 Å². The van der Waals surface area contributed by atoms with Gasteiger partial charge >= 0.3 is 0 Å². The highest BCUT2D eigenvalue weighted by atomic mass is 19.1. The van der Waals surface area contributed by atoms with Crippen molar-refractivity contribution >= 4 is 11.8 Å². The van der Waals surface area contributed by atoms with E-state index in [0.29, 0.717) is 26.3 Å². The zero-order chi connectivity index (χ0) is 20.6. The molecule has 154 valence electrons. The Bertz CT molecular complexity index is 805. The molecule has 0 saturated carbocycles. The molecule has 1 fully saturated rings. The number of carbonyl (C=O) groups is 2. The minimum Gasteiger partial charge on any atom is -0.378 e. The number of carbonyl (C=O) groups excluding carboxylic acids is 2. The summed E-state index contributed by atoms with van der Waals surface area (Å²) in [6.07, 6.45) is 0.980. The van der Waals surface area contributed by atoms with Gasteiger partial charge in [-0.25, -0.2) is 4.39 Å². The molecule has 1 aliphatic rings. The number of benzene rings is 2. The van der Waals surface area contributed by atoms with E-state index in [1.807, 2.05) is 37.3 Å². The molecule has 3 rings (SSSR count). The lowest BCUT2D eigenvalue weighted by atomic mass is 9.92. The van der Waals surface area contributed by atoms with E-state index in [-0.39, 0.29) is 30.0 Å². The molecule has 0 spiro atoms. The molecule has 1 unspecified atom stereocenters. The van der Waals surface area contributed by atoms with E-state index in [2.05, 4.69) is 5.32 Å². The smallest absolute Gasteiger partial charge is 0.249 e. The van der Waals surface area contributed by atoms with Crippen molar-refractivity contribution in [2.24, 2.45) is 0 Å². The van der Waals surface area contributed by atoms with E-state index in [1.54, 1.807) is 17.0 Å². The Balaban J connectivity index is 1.73. The van der Waals surface area contributed by atoms with Crippen LogP contribution in [0.3, 0.4) is 0 Å². The first-order valence-electron chi connectivity index (χ1n) is 10.0. The number of nitrogens with zero attached hydrogens (tertiary/aromatic N) is 1. The molecule has 5 nitrogen and oxygen atoms in total. The average Bonchev–Trinajstić information content (AvgIpc) is 2.77. The summed E-state index contributed by atoms with van der Waals surface area (Å²) in [6, 6.07) is 14.8. The molecule has 1 heterocycles. The van der Waals surface area contributed by atoms with Gasteiger partial charge in [-0.05, 0) is 35.6 Å². The number of ether oxygens (including phenoxy) is 1. The molecule has 6 heteroatoms. The van der Waals surface area contributed by atoms with E-state index >= 15 is 0 Å². The Labute approximate surface area is 170 Å². The number of hydrogen-bond donors (Lipinski definition) is 1. The molecule has 2 aromatic rings. The maximum Gasteiger partial charge on any atom is 0.249 e. The number of halogens is 1. The predicted octanol–water partition coefficient (Wildman–Crippen LogP) is 3.43. The van der Waals surface area contributed by atoms with Crippen LogP contribution in [0.2, 0.25) is 0 Å². The number of amides is 2. The topological polar surface area (TPSA) is 58.6 Å². The van der Waals surface area contributed by atoms with Gasteiger partial charge in [0.25, 0.3) is 0 Å². The molecule has 0 bridgehead atoms. The van der Waals surface area contributed by atoms with Crippen molar-refractivity contribution in [3.05, 3.63) is 71.5 Å². The molecule has 0 radical (unpaired) electrons. The second kappa shape index (κ2) is 10.2. The summed E-state index contributed by atoms with van der Waals surface area (Å²) < 4.78 is 18.5. The summed E-state index contributed by atoms with van der Waals surface area (Å²) in [6.45, 7) is 4.04. The Hall–Kier alpha value is -2.73. The molecule has 0 aromatic heterocycles. The summed E-state index contributed by atoms with van der Waals surface area (Å²) in [5, 5.41) is 2.93. The summed E-state index contributed by atoms with van der Waals surface area (Å²) in [4.78, 5) is 27.7. The fourth-order valence-corrected chi connectivity index (χ4v) is 3.58. The fourth-order valence-electron chi connectivity index (χ4n) is 3.58. The summed E-state index contributed by atoms with van der Waals surface area (Å²) in [5.41, 5.74) is 1.67. The third kappa shape index (κ3) is 5.64. The normalized spacial score (nSPS) is 16.1. The van der Waals surface area contributed by atoms with Crippen molar-refractivity contribution in [2.45, 2.75) is 31.7 Å². The number of nitrogens with one attached hydrogen (secondary N) is 1. The highest BCUT2D eigenvalue weighted by molar-refractivity contribution is 5.89. The van der Waals surface area contributed by atoms with Crippen LogP contribution >= 0.6 is 0 Å². The van der Waals surface area contributed by atoms with Gasteiger partial charge in [0.1, 0.15) is 11.9 Å². The Kier molecular flexibility index (Phi) is 7.36. The van der Waals surface area contributed by atoms with Crippen molar-refractivity contribution in [1.29, 1.82) is 0 Å². The van der Waals surface area contributed by atoms with Gasteiger partial charge in [-0.15, -0.1) is 0 Å². The second-order valence-electron chi connectivity index (χ2n) is 7.21. The van der Waals surface area contributed by atoms with Crippen LogP contribution in [0.5, 0.6) is 0 Å². The van der Waals surface area contributed by atoms with Crippen molar-refractivity contribution in [3.63, 3.8) is 0 Å². The molecule has 2 aromatic carbocycles. The Morgan fingerprint density at radius 1 is 1.03 bits per heavy atom. The van der Waals surface area contributed by atoms with Crippen LogP contribution in [-0.2, 0) is 14.3 Å². The summed E-state index contributed by atoms with van der Waals surface area (Å²) >= 11 is 0. The van der Waals surface area contributed by atoms with Crippen molar-refractivity contribution in [1.82, 2.24) is 10.2 Å². The Morgan fingerprint density at radius 3 is 2.31 bits per heavy atom. The van der Waals surface area contributed by atoms with Crippen LogP contribution in [0.4, 0.5) is 4.39 Å². The molecular formula is C23H27FN2O3. The molecule has 1 aliphatic heterocycles. The predicted molar refractivity (Wildman–Crippen MR) is 109 cm³/mol. The molecule has 1 saturated heterocycles. The molecule has 29 heavy (non-hydrogen) atoms. The number of rotatable bonds is 7. The van der Waals surface area contributed by atoms with Gasteiger partial charge in [0.05, 0.1) is 13.2 Å². The molecular weight excluding hydrogens is 371 g/mol. The van der Waals surface area contributed by atoms with E-state index in [0.717, 1.165) is 17.5 Å². The maximum absolute atomic E-state index is 13.2. The quantitative estimate of drug-likeness (QED) is 0.777. The van der Waals surface area contributed by atoms with Gasteiger partial charge < -0.3 is 15.0 Å². The lowest BCUT2D eigenvalue weighted by molar-refractivity contribution is -0.140. The van der Waals surface area contributed by atoms with Crippen LogP contribution in [0.1, 0.15) is 42.9 Å². The highest BCUT2D eigenvalue weighted by Crippen LogP contribution is 2.25. The van der Waals surface area contributed by atoms with Gasteiger partial charge in [-0.3, -0.25) is 9.59 Å². The van der Waals surface area contributed by atoms with Crippen LogP contribution < -0.4 is 5.32 Å². The SMILES string of the molecule is CCC(CC(=O)N[C@H](C(=O)N1CCOCC1)c1ccccc1)c1ccc(F)cc1. The van der Waals surface area contributed by atoms with E-state index in [1.165, 1.54) is 12.1 Å². The second-order valence-corrected chi connectivity index (χ2v) is 7.21. The largest absolute Gasteiger partial charge is 0.378 e. The highest BCUT2D eigenvalue weighted by Gasteiger charge is 2.29. The first kappa shape index (κ1) is 21.0. The monoisotopic (exact) mass is 398 g/mol. The van der Waals surface area contributed by atoms with Gasteiger partial charge in [-0.2, -0.15) is 0 Å². The third-order valence-corrected chi connectivity index (χ3v) is 5.27. The average molecular weight is 398 g/mol. The van der Waals surface area contributed by atoms with Crippen LogP contribution in [0.25, 0.3) is 0 Å². The van der Waals surface area contributed by atoms with Crippen LogP contribution in [0.15, 0.2) is 54.6 Å². The third-order valence-electron chi connectivity index (χ3n) is 5.27. The fraction of sp³-hybridized carbons (Fsp3) is 0.391. The molecule has 0 aliphatic carbocycles. The summed E-state index contributed by atoms with van der Waals surface area (Å²) in [5.74, 6) is -0.655. The lowest BCUT2D eigenvalue weighted by Gasteiger charge is -2.31. The van der Waals surface area contributed by atoms with E-state index in [4.69, 9.17) is 4.74 Å². The minimum absolute atomic E-state index is 0.0366. The zero-order valence-corrected chi connectivity index (χ0v) is 16.6. The maximum atomic E-state index is 13.2. The van der Waals surface area contributed by atoms with Crippen molar-refractivity contribution < 1.29 is 18.7 Å². The number of morpholine rings is 1. The van der Waals surface area contributed by atoms with Crippen molar-refractivity contribution in [3.8, 4) is 0 Å². The molecule has 2 atom stereocenters. The molecule has 1 N–H and O–H groups in total. The lowest BCUT2D eigenvalue weighted by Crippen LogP contribution is -2.47. The van der Waals surface area contributed by atoms with E-state index in [9.17, 15) is 14.0 Å². The van der Waals surface area contributed by atoms with Crippen LogP contribution in [0, 0.1) is 5.82 Å². The molecule has 2 amide bonds.